The van der Waals surface area contributed by atoms with Gasteiger partial charge >= 0.3 is 0 Å². The molecule has 0 unspecified atom stereocenters. The number of anilines is 3. The standard InChI is InChI=1S/C31H32N10/c1-21-11-13-23(14-12-21)32-20-33-29-16-28(26-9-5-6-10-27(26)30-36-38-39-37-30)34-31(35-29)41-19-24-15-25(41)18-40(24)17-22-7-3-2-4-8-22/h2-14,16,24-25,32H,15,17-20H2,1H3,(H,33,34,35)(H,36,37,38,39)/t24-,25-/m0/s1. The summed E-state index contributed by atoms with van der Waals surface area (Å²) in [6, 6.07) is 30.0. The van der Waals surface area contributed by atoms with Crippen LogP contribution in [0.2, 0.25) is 0 Å². The van der Waals surface area contributed by atoms with Crippen molar-refractivity contribution >= 4 is 17.5 Å². The van der Waals surface area contributed by atoms with Crippen LogP contribution in [-0.2, 0) is 6.54 Å². The van der Waals surface area contributed by atoms with Crippen LogP contribution >= 0.6 is 0 Å². The lowest BCUT2D eigenvalue weighted by atomic mass is 10.0. The summed E-state index contributed by atoms with van der Waals surface area (Å²) in [7, 11) is 0. The number of H-pyrrole nitrogens is 1. The highest BCUT2D eigenvalue weighted by Crippen LogP contribution is 2.36. The Hall–Kier alpha value is -4.83. The summed E-state index contributed by atoms with van der Waals surface area (Å²) in [4.78, 5) is 15.1. The van der Waals surface area contributed by atoms with Gasteiger partial charge in [-0.15, -0.1) is 10.2 Å². The minimum absolute atomic E-state index is 0.380. The van der Waals surface area contributed by atoms with Crippen LogP contribution in [0.15, 0.2) is 84.9 Å². The summed E-state index contributed by atoms with van der Waals surface area (Å²) in [6.45, 7) is 5.51. The lowest BCUT2D eigenvalue weighted by molar-refractivity contribution is 0.229. The lowest BCUT2D eigenvalue weighted by Gasteiger charge is -2.34. The van der Waals surface area contributed by atoms with E-state index in [4.69, 9.17) is 9.97 Å². The van der Waals surface area contributed by atoms with E-state index in [0.717, 1.165) is 60.3 Å². The lowest BCUT2D eigenvalue weighted by Crippen LogP contribution is -2.46. The van der Waals surface area contributed by atoms with E-state index in [1.807, 2.05) is 30.3 Å². The van der Waals surface area contributed by atoms with Crippen molar-refractivity contribution in [3.8, 4) is 22.6 Å². The molecule has 4 heterocycles. The SMILES string of the molecule is Cc1ccc(NCNc2cc(-c3ccccc3-c3nn[nH]n3)nc(N3C[C@@H]4C[C@H]3CN4Cc3ccccc3)n2)cc1. The van der Waals surface area contributed by atoms with E-state index in [2.05, 4.69) is 103 Å². The van der Waals surface area contributed by atoms with Crippen molar-refractivity contribution in [2.75, 3.05) is 35.3 Å². The van der Waals surface area contributed by atoms with Crippen LogP contribution in [0.25, 0.3) is 22.6 Å². The van der Waals surface area contributed by atoms with Crippen LogP contribution in [0.1, 0.15) is 17.5 Å². The Kier molecular flexibility index (Phi) is 6.73. The van der Waals surface area contributed by atoms with Crippen LogP contribution < -0.4 is 15.5 Å². The van der Waals surface area contributed by atoms with Crippen molar-refractivity contribution in [2.24, 2.45) is 0 Å². The molecule has 0 saturated carbocycles. The number of nitrogens with one attached hydrogen (secondary N) is 3. The Morgan fingerprint density at radius 2 is 1.66 bits per heavy atom. The van der Waals surface area contributed by atoms with Gasteiger partial charge in [-0.05, 0) is 36.3 Å². The van der Waals surface area contributed by atoms with Crippen LogP contribution in [0.5, 0.6) is 0 Å². The molecule has 0 spiro atoms. The number of nitrogens with zero attached hydrogens (tertiary/aromatic N) is 7. The molecule has 2 aliphatic rings. The van der Waals surface area contributed by atoms with Crippen LogP contribution in [0.4, 0.5) is 17.5 Å². The molecule has 5 aromatic rings. The normalized spacial score (nSPS) is 18.1. The molecule has 206 valence electrons. The Balaban J connectivity index is 1.16. The number of hydrogen-bond acceptors (Lipinski definition) is 9. The van der Waals surface area contributed by atoms with Gasteiger partial charge in [0.1, 0.15) is 5.82 Å². The van der Waals surface area contributed by atoms with Crippen LogP contribution in [-0.4, -0.2) is 67.3 Å². The van der Waals surface area contributed by atoms with E-state index in [1.54, 1.807) is 0 Å². The summed E-state index contributed by atoms with van der Waals surface area (Å²) in [5, 5.41) is 21.7. The third-order valence-corrected chi connectivity index (χ3v) is 7.96. The molecular formula is C31H32N10. The second-order valence-corrected chi connectivity index (χ2v) is 10.7. The van der Waals surface area contributed by atoms with Gasteiger partial charge < -0.3 is 15.5 Å². The average Bonchev–Trinajstić information content (AvgIpc) is 3.77. The molecule has 2 aromatic heterocycles. The van der Waals surface area contributed by atoms with E-state index in [1.165, 1.54) is 11.1 Å². The van der Waals surface area contributed by atoms with Crippen LogP contribution in [0, 0.1) is 6.92 Å². The molecule has 0 amide bonds. The predicted octanol–water partition coefficient (Wildman–Crippen LogP) is 4.58. The van der Waals surface area contributed by atoms with Gasteiger partial charge in [-0.1, -0.05) is 72.3 Å². The molecular weight excluding hydrogens is 512 g/mol. The minimum atomic E-state index is 0.380. The highest BCUT2D eigenvalue weighted by Gasteiger charge is 2.44. The Morgan fingerprint density at radius 1 is 0.854 bits per heavy atom. The van der Waals surface area contributed by atoms with Gasteiger partial charge in [-0.25, -0.2) is 4.98 Å². The highest BCUT2D eigenvalue weighted by molar-refractivity contribution is 5.80. The quantitative estimate of drug-likeness (QED) is 0.230. The molecule has 2 atom stereocenters. The zero-order chi connectivity index (χ0) is 27.6. The summed E-state index contributed by atoms with van der Waals surface area (Å²) < 4.78 is 0. The number of likely N-dealkylation sites (tertiary alicyclic amines) is 1. The number of piperazine rings is 1. The largest absolute Gasteiger partial charge is 0.368 e. The van der Waals surface area contributed by atoms with Gasteiger partial charge in [-0.3, -0.25) is 4.90 Å². The topological polar surface area (TPSA) is 111 Å². The van der Waals surface area contributed by atoms with Crippen molar-refractivity contribution < 1.29 is 0 Å². The third kappa shape index (κ3) is 5.33. The Labute approximate surface area is 238 Å². The summed E-state index contributed by atoms with van der Waals surface area (Å²) >= 11 is 0. The van der Waals surface area contributed by atoms with E-state index in [0.29, 0.717) is 24.6 Å². The highest BCUT2D eigenvalue weighted by atomic mass is 15.5. The van der Waals surface area contributed by atoms with Gasteiger partial charge in [0.2, 0.25) is 11.8 Å². The zero-order valence-electron chi connectivity index (χ0n) is 22.9. The molecule has 10 nitrogen and oxygen atoms in total. The molecule has 0 radical (unpaired) electrons. The number of benzene rings is 3. The van der Waals surface area contributed by atoms with Crippen LogP contribution in [0.3, 0.4) is 0 Å². The first-order valence-electron chi connectivity index (χ1n) is 14.0. The molecule has 0 aliphatic carbocycles. The number of aromatic amines is 1. The Bertz CT molecular complexity index is 1600. The third-order valence-electron chi connectivity index (χ3n) is 7.96. The van der Waals surface area contributed by atoms with Gasteiger partial charge in [0, 0.05) is 54.6 Å². The van der Waals surface area contributed by atoms with Crippen molar-refractivity contribution in [2.45, 2.75) is 32.0 Å². The maximum atomic E-state index is 5.11. The fourth-order valence-corrected chi connectivity index (χ4v) is 5.88. The molecule has 10 heteroatoms. The summed E-state index contributed by atoms with van der Waals surface area (Å²) in [5.74, 6) is 2.04. The first-order valence-corrected chi connectivity index (χ1v) is 14.0. The first kappa shape index (κ1) is 25.2. The second kappa shape index (κ2) is 11.0. The van der Waals surface area contributed by atoms with E-state index in [-0.39, 0.29) is 0 Å². The number of fused-ring (bicyclic) bond motifs is 2. The summed E-state index contributed by atoms with van der Waals surface area (Å²) in [6.07, 6.45) is 1.12. The zero-order valence-corrected chi connectivity index (χ0v) is 22.9. The Morgan fingerprint density at radius 3 is 2.41 bits per heavy atom. The molecule has 2 aliphatic heterocycles. The van der Waals surface area contributed by atoms with Crippen molar-refractivity contribution in [1.82, 2.24) is 35.5 Å². The number of rotatable bonds is 9. The fraction of sp³-hybridized carbons (Fsp3) is 0.258. The molecule has 41 heavy (non-hydrogen) atoms. The predicted molar refractivity (Wildman–Crippen MR) is 160 cm³/mol. The van der Waals surface area contributed by atoms with Gasteiger partial charge in [0.15, 0.2) is 0 Å². The van der Waals surface area contributed by atoms with E-state index in [9.17, 15) is 0 Å². The molecule has 2 saturated heterocycles. The second-order valence-electron chi connectivity index (χ2n) is 10.7. The molecule has 3 aromatic carbocycles. The van der Waals surface area contributed by atoms with Crippen molar-refractivity contribution in [3.63, 3.8) is 0 Å². The van der Waals surface area contributed by atoms with Gasteiger partial charge in [-0.2, -0.15) is 10.2 Å². The molecule has 3 N–H and O–H groups in total. The van der Waals surface area contributed by atoms with Gasteiger partial charge in [0.05, 0.1) is 12.4 Å². The maximum absolute atomic E-state index is 5.11. The number of aryl methyl sites for hydroxylation is 1. The molecule has 2 bridgehead atoms. The monoisotopic (exact) mass is 544 g/mol. The van der Waals surface area contributed by atoms with Crippen molar-refractivity contribution in [3.05, 3.63) is 96.1 Å². The van der Waals surface area contributed by atoms with E-state index >= 15 is 0 Å². The average molecular weight is 545 g/mol. The molecule has 7 rings (SSSR count). The summed E-state index contributed by atoms with van der Waals surface area (Å²) in [5.41, 5.74) is 6.26. The number of aromatic nitrogens is 6. The fourth-order valence-electron chi connectivity index (χ4n) is 5.88. The number of tetrazole rings is 1. The molecule has 2 fully saturated rings. The van der Waals surface area contributed by atoms with Gasteiger partial charge in [0.25, 0.3) is 0 Å². The van der Waals surface area contributed by atoms with E-state index < -0.39 is 0 Å². The van der Waals surface area contributed by atoms with Crippen molar-refractivity contribution in [1.29, 1.82) is 0 Å². The smallest absolute Gasteiger partial charge is 0.228 e. The minimum Gasteiger partial charge on any atom is -0.368 e. The first-order chi connectivity index (χ1) is 20.2. The number of hydrogen-bond donors (Lipinski definition) is 3. The maximum Gasteiger partial charge on any atom is 0.228 e.